The number of nitrogens with zero attached hydrogens (tertiary/aromatic N) is 2. The summed E-state index contributed by atoms with van der Waals surface area (Å²) in [7, 11) is 0. The highest BCUT2D eigenvalue weighted by Crippen LogP contribution is 2.45. The second kappa shape index (κ2) is 6.33. The molecule has 1 aliphatic heterocycles. The van der Waals surface area contributed by atoms with Gasteiger partial charge in [0.1, 0.15) is 11.4 Å². The second-order valence-corrected chi connectivity index (χ2v) is 9.30. The number of fused-ring (bicyclic) bond motifs is 5. The number of hydrogen-bond donors (Lipinski definition) is 2. The van der Waals surface area contributed by atoms with E-state index in [1.807, 2.05) is 0 Å². The van der Waals surface area contributed by atoms with Crippen molar-refractivity contribution in [1.29, 1.82) is 0 Å². The highest BCUT2D eigenvalue weighted by atomic mass is 19.1. The van der Waals surface area contributed by atoms with Crippen LogP contribution in [-0.4, -0.2) is 20.4 Å². The van der Waals surface area contributed by atoms with Gasteiger partial charge in [0.05, 0.1) is 23.4 Å². The third-order valence-electron chi connectivity index (χ3n) is 7.80. The fourth-order valence-electron chi connectivity index (χ4n) is 5.97. The number of benzene rings is 1. The molecule has 3 heterocycles. The topological polar surface area (TPSA) is 98.2 Å². The number of aromatic nitrogens is 2. The van der Waals surface area contributed by atoms with Gasteiger partial charge in [0, 0.05) is 40.6 Å². The molecule has 2 aromatic heterocycles. The van der Waals surface area contributed by atoms with Crippen LogP contribution >= 0.6 is 0 Å². The summed E-state index contributed by atoms with van der Waals surface area (Å²) in [4.78, 5) is 30.8. The summed E-state index contributed by atoms with van der Waals surface area (Å²) >= 11 is 0. The largest absolute Gasteiger partial charge is 0.377 e. The molecule has 164 valence electrons. The number of carbonyl (C=O) groups is 1. The molecule has 2 atom stereocenters. The number of ketones is 1. The Balaban J connectivity index is 1.70. The van der Waals surface area contributed by atoms with Crippen molar-refractivity contribution in [1.82, 2.24) is 9.55 Å². The molecule has 2 aliphatic carbocycles. The van der Waals surface area contributed by atoms with Crippen molar-refractivity contribution < 1.29 is 14.3 Å². The summed E-state index contributed by atoms with van der Waals surface area (Å²) in [5, 5.41) is 12.1. The first kappa shape index (κ1) is 19.8. The fraction of sp³-hybridized carbons (Fsp3) is 0.400. The molecule has 3 aliphatic rings. The second-order valence-electron chi connectivity index (χ2n) is 9.30. The summed E-state index contributed by atoms with van der Waals surface area (Å²) in [6, 6.07) is 2.97. The molecule has 0 fully saturated rings. The van der Waals surface area contributed by atoms with Gasteiger partial charge in [-0.1, -0.05) is 6.92 Å². The molecule has 1 aromatic carbocycles. The Labute approximate surface area is 183 Å². The van der Waals surface area contributed by atoms with Crippen LogP contribution in [0, 0.1) is 12.7 Å². The Bertz CT molecular complexity index is 1440. The van der Waals surface area contributed by atoms with Crippen LogP contribution in [0.15, 0.2) is 16.9 Å². The number of carbonyl (C=O) groups excluding carboxylic acids is 1. The molecule has 6 nitrogen and oxygen atoms in total. The van der Waals surface area contributed by atoms with Crippen molar-refractivity contribution in [2.24, 2.45) is 5.73 Å². The maximum Gasteiger partial charge on any atom is 0.254 e. The van der Waals surface area contributed by atoms with Crippen LogP contribution in [0.1, 0.15) is 65.6 Å². The summed E-state index contributed by atoms with van der Waals surface area (Å²) in [6.45, 7) is 3.87. The number of aliphatic hydroxyl groups is 1. The zero-order valence-corrected chi connectivity index (χ0v) is 18.1. The third-order valence-corrected chi connectivity index (χ3v) is 7.80. The molecule has 0 amide bonds. The average Bonchev–Trinajstić information content (AvgIpc) is 3.14. The van der Waals surface area contributed by atoms with E-state index in [4.69, 9.17) is 10.7 Å². The van der Waals surface area contributed by atoms with E-state index in [9.17, 15) is 19.1 Å². The predicted octanol–water partition coefficient (Wildman–Crippen LogP) is 2.93. The number of Topliss-reactive ketones (excluding diaryl/α,β-unsaturated/α-hetero) is 1. The van der Waals surface area contributed by atoms with Crippen LogP contribution in [0.25, 0.3) is 22.3 Å². The highest BCUT2D eigenvalue weighted by molar-refractivity contribution is 5.94. The predicted molar refractivity (Wildman–Crippen MR) is 118 cm³/mol. The van der Waals surface area contributed by atoms with E-state index in [0.717, 1.165) is 22.1 Å². The van der Waals surface area contributed by atoms with Crippen molar-refractivity contribution in [3.8, 4) is 11.4 Å². The lowest BCUT2D eigenvalue weighted by Crippen LogP contribution is -2.43. The number of hydrogen-bond acceptors (Lipinski definition) is 5. The van der Waals surface area contributed by atoms with Crippen LogP contribution < -0.4 is 11.3 Å². The molecule has 0 saturated heterocycles. The Kier molecular flexibility index (Phi) is 3.91. The van der Waals surface area contributed by atoms with E-state index in [-0.39, 0.29) is 36.0 Å². The molecule has 0 radical (unpaired) electrons. The zero-order valence-electron chi connectivity index (χ0n) is 18.1. The van der Waals surface area contributed by atoms with E-state index in [0.29, 0.717) is 59.4 Å². The van der Waals surface area contributed by atoms with Gasteiger partial charge in [-0.15, -0.1) is 0 Å². The molecule has 0 unspecified atom stereocenters. The van der Waals surface area contributed by atoms with Gasteiger partial charge < -0.3 is 15.4 Å². The highest BCUT2D eigenvalue weighted by Gasteiger charge is 2.43. The first-order valence-electron chi connectivity index (χ1n) is 11.2. The average molecular weight is 433 g/mol. The molecule has 32 heavy (non-hydrogen) atoms. The first-order chi connectivity index (χ1) is 15.3. The number of halogens is 1. The molecular formula is C25H24FN3O3. The Morgan fingerprint density at radius 3 is 2.75 bits per heavy atom. The Morgan fingerprint density at radius 2 is 2.00 bits per heavy atom. The van der Waals surface area contributed by atoms with Gasteiger partial charge in [-0.25, -0.2) is 9.37 Å². The minimum Gasteiger partial charge on any atom is -0.377 e. The van der Waals surface area contributed by atoms with Crippen molar-refractivity contribution in [3.63, 3.8) is 0 Å². The normalized spacial score (nSPS) is 23.3. The smallest absolute Gasteiger partial charge is 0.254 e. The fourth-order valence-corrected chi connectivity index (χ4v) is 5.97. The lowest BCUT2D eigenvalue weighted by molar-refractivity contribution is -0.140. The standard InChI is InChI=1S/C25H24FN3O3/c1-3-25(32)15-8-19-23-14(10-29(19)24(31)13(15)5-7-20(25)30)21-17(27)6-4-12-11(2)16(26)9-18(28-23)22(12)21/h8-9,17,32H,3-7,10,27H2,1-2H3/t17-,25-/m0/s1. The third kappa shape index (κ3) is 2.27. The van der Waals surface area contributed by atoms with Crippen LogP contribution in [0.2, 0.25) is 0 Å². The summed E-state index contributed by atoms with van der Waals surface area (Å²) in [5.74, 6) is -0.561. The first-order valence-corrected chi connectivity index (χ1v) is 11.2. The molecule has 3 aromatic rings. The van der Waals surface area contributed by atoms with Crippen molar-refractivity contribution in [2.75, 3.05) is 0 Å². The van der Waals surface area contributed by atoms with E-state index in [1.165, 1.54) is 6.07 Å². The minimum atomic E-state index is -1.66. The molecular weight excluding hydrogens is 409 g/mol. The van der Waals surface area contributed by atoms with Gasteiger partial charge in [-0.3, -0.25) is 9.59 Å². The molecule has 0 saturated carbocycles. The number of nitrogens with two attached hydrogens (primary N) is 1. The van der Waals surface area contributed by atoms with Crippen LogP contribution in [-0.2, 0) is 29.8 Å². The van der Waals surface area contributed by atoms with Gasteiger partial charge >= 0.3 is 0 Å². The molecule has 7 heteroatoms. The quantitative estimate of drug-likeness (QED) is 0.481. The minimum absolute atomic E-state index is 0.152. The van der Waals surface area contributed by atoms with E-state index >= 15 is 0 Å². The van der Waals surface area contributed by atoms with Gasteiger partial charge in [0.25, 0.3) is 5.56 Å². The van der Waals surface area contributed by atoms with E-state index < -0.39 is 5.60 Å². The molecule has 0 spiro atoms. The molecule has 6 rings (SSSR count). The zero-order chi connectivity index (χ0) is 22.5. The maximum atomic E-state index is 14.7. The summed E-state index contributed by atoms with van der Waals surface area (Å²) in [5.41, 5.74) is 10.7. The van der Waals surface area contributed by atoms with E-state index in [1.54, 1.807) is 24.5 Å². The van der Waals surface area contributed by atoms with Gasteiger partial charge in [-0.05, 0) is 55.4 Å². The van der Waals surface area contributed by atoms with Crippen LogP contribution in [0.4, 0.5) is 4.39 Å². The Hall–Kier alpha value is -2.90. The number of rotatable bonds is 1. The number of aryl methyl sites for hydroxylation is 1. The van der Waals surface area contributed by atoms with Crippen molar-refractivity contribution in [2.45, 2.75) is 64.1 Å². The summed E-state index contributed by atoms with van der Waals surface area (Å²) in [6.07, 6.45) is 2.07. The molecule has 0 bridgehead atoms. The summed E-state index contributed by atoms with van der Waals surface area (Å²) < 4.78 is 16.3. The van der Waals surface area contributed by atoms with E-state index in [2.05, 4.69) is 0 Å². The number of pyridine rings is 2. The van der Waals surface area contributed by atoms with Crippen LogP contribution in [0.3, 0.4) is 0 Å². The molecule has 3 N–H and O–H groups in total. The van der Waals surface area contributed by atoms with Crippen LogP contribution in [0.5, 0.6) is 0 Å². The maximum absolute atomic E-state index is 14.7. The lowest BCUT2D eigenvalue weighted by atomic mass is 9.77. The van der Waals surface area contributed by atoms with Crippen molar-refractivity contribution in [3.05, 3.63) is 61.7 Å². The Morgan fingerprint density at radius 1 is 1.22 bits per heavy atom. The SMILES string of the molecule is CC[C@@]1(O)C(=O)CCc2c1cc1n(c2=O)Cc2c-1nc1cc(F)c(C)c3c1c2[C@@H](N)CC3. The monoisotopic (exact) mass is 433 g/mol. The lowest BCUT2D eigenvalue weighted by Gasteiger charge is -2.32. The van der Waals surface area contributed by atoms with Gasteiger partial charge in [0.2, 0.25) is 0 Å². The van der Waals surface area contributed by atoms with Gasteiger partial charge in [-0.2, -0.15) is 0 Å². The van der Waals surface area contributed by atoms with Gasteiger partial charge in [0.15, 0.2) is 5.78 Å². The van der Waals surface area contributed by atoms with Crippen molar-refractivity contribution >= 4 is 16.7 Å².